The summed E-state index contributed by atoms with van der Waals surface area (Å²) in [6.07, 6.45) is 4.08. The molecule has 1 aromatic rings. The Morgan fingerprint density at radius 3 is 2.33 bits per heavy atom. The lowest BCUT2D eigenvalue weighted by Gasteiger charge is -2.27. The molecule has 0 aromatic heterocycles. The van der Waals surface area contributed by atoms with Crippen molar-refractivity contribution in [3.8, 4) is 0 Å². The molecule has 21 heavy (non-hydrogen) atoms. The number of hydrogen-bond donors (Lipinski definition) is 1. The van der Waals surface area contributed by atoms with Crippen LogP contribution in [0.4, 0.5) is 0 Å². The number of nitrogens with one attached hydrogen (secondary N) is 1. The highest BCUT2D eigenvalue weighted by Crippen LogP contribution is 2.42. The van der Waals surface area contributed by atoms with Gasteiger partial charge < -0.3 is 9.64 Å². The summed E-state index contributed by atoms with van der Waals surface area (Å²) in [6, 6.07) is 10.2. The summed E-state index contributed by atoms with van der Waals surface area (Å²) in [5.41, 5.74) is 0.738. The van der Waals surface area contributed by atoms with Crippen molar-refractivity contribution in [2.24, 2.45) is 0 Å². The van der Waals surface area contributed by atoms with Gasteiger partial charge in [-0.2, -0.15) is 0 Å². The number of quaternary nitrogens is 1. The predicted octanol–water partition coefficient (Wildman–Crippen LogP) is 1.97. The summed E-state index contributed by atoms with van der Waals surface area (Å²) in [4.78, 5) is 14.2. The van der Waals surface area contributed by atoms with Crippen LogP contribution in [0.5, 0.6) is 0 Å². The molecule has 0 radical (unpaired) electrons. The van der Waals surface area contributed by atoms with E-state index >= 15 is 0 Å². The standard InChI is InChI=1S/C18H27NO2/c1-3-19(4-2)14-15-21-17(20)18(12-8-9-13-18)16-10-6-5-7-11-16/h5-7,10-11H,3-4,8-9,12-15H2,1-2H3/p+1. The zero-order valence-electron chi connectivity index (χ0n) is 13.4. The van der Waals surface area contributed by atoms with Crippen LogP contribution in [0.15, 0.2) is 30.3 Å². The Hall–Kier alpha value is -1.35. The maximum atomic E-state index is 12.7. The molecule has 3 heteroatoms. The number of ether oxygens (including phenoxy) is 1. The minimum atomic E-state index is -0.389. The molecule has 1 N–H and O–H groups in total. The van der Waals surface area contributed by atoms with Gasteiger partial charge >= 0.3 is 5.97 Å². The van der Waals surface area contributed by atoms with E-state index in [1.807, 2.05) is 18.2 Å². The number of benzene rings is 1. The van der Waals surface area contributed by atoms with Crippen LogP contribution in [0.3, 0.4) is 0 Å². The average molecular weight is 290 g/mol. The van der Waals surface area contributed by atoms with E-state index < -0.39 is 0 Å². The zero-order chi connectivity index (χ0) is 15.1. The molecular weight excluding hydrogens is 262 g/mol. The van der Waals surface area contributed by atoms with Gasteiger partial charge in [0.2, 0.25) is 0 Å². The molecule has 1 saturated carbocycles. The first kappa shape index (κ1) is 16.0. The highest BCUT2D eigenvalue weighted by molar-refractivity contribution is 5.83. The van der Waals surface area contributed by atoms with E-state index in [2.05, 4.69) is 26.0 Å². The van der Waals surface area contributed by atoms with Gasteiger partial charge in [-0.3, -0.25) is 4.79 Å². The topological polar surface area (TPSA) is 30.7 Å². The van der Waals surface area contributed by atoms with E-state index in [0.717, 1.165) is 50.9 Å². The molecule has 116 valence electrons. The van der Waals surface area contributed by atoms with Crippen LogP contribution in [0.1, 0.15) is 45.1 Å². The smallest absolute Gasteiger partial charge is 0.316 e. The molecule has 1 aliphatic rings. The summed E-state index contributed by atoms with van der Waals surface area (Å²) in [5.74, 6) is -0.0160. The van der Waals surface area contributed by atoms with Gasteiger partial charge in [-0.1, -0.05) is 43.2 Å². The summed E-state index contributed by atoms with van der Waals surface area (Å²) < 4.78 is 5.66. The molecule has 0 bridgehead atoms. The number of likely N-dealkylation sites (N-methyl/N-ethyl adjacent to an activating group) is 1. The van der Waals surface area contributed by atoms with Crippen LogP contribution in [0.2, 0.25) is 0 Å². The van der Waals surface area contributed by atoms with Crippen molar-refractivity contribution in [1.29, 1.82) is 0 Å². The van der Waals surface area contributed by atoms with Gasteiger partial charge in [0, 0.05) is 0 Å². The molecule has 1 fully saturated rings. The molecule has 1 aromatic carbocycles. The first-order valence-corrected chi connectivity index (χ1v) is 8.29. The molecule has 0 unspecified atom stereocenters. The second-order valence-electron chi connectivity index (χ2n) is 6.00. The third-order valence-corrected chi connectivity index (χ3v) is 4.86. The quantitative estimate of drug-likeness (QED) is 0.778. The molecule has 2 rings (SSSR count). The molecule has 1 aliphatic carbocycles. The van der Waals surface area contributed by atoms with Crippen LogP contribution in [-0.4, -0.2) is 32.2 Å². The van der Waals surface area contributed by atoms with Gasteiger partial charge in [-0.25, -0.2) is 0 Å². The zero-order valence-corrected chi connectivity index (χ0v) is 13.4. The van der Waals surface area contributed by atoms with E-state index in [1.54, 1.807) is 0 Å². The molecule has 0 heterocycles. The Morgan fingerprint density at radius 2 is 1.76 bits per heavy atom. The summed E-state index contributed by atoms with van der Waals surface area (Å²) >= 11 is 0. The molecule has 0 amide bonds. The van der Waals surface area contributed by atoms with Crippen LogP contribution in [0, 0.1) is 0 Å². The maximum Gasteiger partial charge on any atom is 0.316 e. The van der Waals surface area contributed by atoms with E-state index in [-0.39, 0.29) is 11.4 Å². The van der Waals surface area contributed by atoms with Crippen LogP contribution >= 0.6 is 0 Å². The Labute approximate surface area is 128 Å². The van der Waals surface area contributed by atoms with Crippen molar-refractivity contribution in [3.05, 3.63) is 35.9 Å². The SMILES string of the molecule is CC[NH+](CC)CCOC(=O)C1(c2ccccc2)CCCC1. The monoisotopic (exact) mass is 290 g/mol. The van der Waals surface area contributed by atoms with Gasteiger partial charge in [-0.05, 0) is 32.3 Å². The summed E-state index contributed by atoms with van der Waals surface area (Å²) in [7, 11) is 0. The van der Waals surface area contributed by atoms with Gasteiger partial charge in [0.25, 0.3) is 0 Å². The summed E-state index contributed by atoms with van der Waals surface area (Å²) in [6.45, 7) is 7.94. The highest BCUT2D eigenvalue weighted by atomic mass is 16.5. The third kappa shape index (κ3) is 3.65. The molecule has 0 atom stereocenters. The van der Waals surface area contributed by atoms with Crippen molar-refractivity contribution >= 4 is 5.97 Å². The number of carbonyl (C=O) groups is 1. The lowest BCUT2D eigenvalue weighted by Crippen LogP contribution is -3.11. The Morgan fingerprint density at radius 1 is 1.14 bits per heavy atom. The van der Waals surface area contributed by atoms with Crippen molar-refractivity contribution in [1.82, 2.24) is 0 Å². The fraction of sp³-hybridized carbons (Fsp3) is 0.611. The number of rotatable bonds is 7. The predicted molar refractivity (Wildman–Crippen MR) is 84.5 cm³/mol. The van der Waals surface area contributed by atoms with Gasteiger partial charge in [0.1, 0.15) is 13.2 Å². The second kappa shape index (κ2) is 7.60. The minimum Gasteiger partial charge on any atom is -0.459 e. The molecular formula is C18H28NO2+. The Bertz CT molecular complexity index is 434. The van der Waals surface area contributed by atoms with Crippen molar-refractivity contribution < 1.29 is 14.4 Å². The van der Waals surface area contributed by atoms with Crippen LogP contribution < -0.4 is 4.90 Å². The molecule has 0 saturated heterocycles. The van der Waals surface area contributed by atoms with E-state index in [1.165, 1.54) is 4.90 Å². The summed E-state index contributed by atoms with van der Waals surface area (Å²) in [5, 5.41) is 0. The van der Waals surface area contributed by atoms with E-state index in [9.17, 15) is 4.79 Å². The van der Waals surface area contributed by atoms with Crippen LogP contribution in [0.25, 0.3) is 0 Å². The van der Waals surface area contributed by atoms with Crippen molar-refractivity contribution in [3.63, 3.8) is 0 Å². The first-order chi connectivity index (χ1) is 10.2. The Kier molecular flexibility index (Phi) is 5.80. The van der Waals surface area contributed by atoms with E-state index in [0.29, 0.717) is 6.61 Å². The number of esters is 1. The van der Waals surface area contributed by atoms with Gasteiger partial charge in [-0.15, -0.1) is 0 Å². The van der Waals surface area contributed by atoms with Crippen molar-refractivity contribution in [2.75, 3.05) is 26.2 Å². The number of hydrogen-bond acceptors (Lipinski definition) is 2. The van der Waals surface area contributed by atoms with Crippen LogP contribution in [-0.2, 0) is 14.9 Å². The fourth-order valence-corrected chi connectivity index (χ4v) is 3.38. The number of carbonyl (C=O) groups excluding carboxylic acids is 1. The van der Waals surface area contributed by atoms with Crippen molar-refractivity contribution in [2.45, 2.75) is 44.9 Å². The van der Waals surface area contributed by atoms with E-state index in [4.69, 9.17) is 4.74 Å². The maximum absolute atomic E-state index is 12.7. The Balaban J connectivity index is 2.00. The molecule has 3 nitrogen and oxygen atoms in total. The molecule has 0 aliphatic heterocycles. The van der Waals surface area contributed by atoms with Gasteiger partial charge in [0.15, 0.2) is 0 Å². The average Bonchev–Trinajstić information content (AvgIpc) is 3.03. The lowest BCUT2D eigenvalue weighted by molar-refractivity contribution is -0.896. The molecule has 0 spiro atoms. The van der Waals surface area contributed by atoms with Gasteiger partial charge in [0.05, 0.1) is 18.5 Å². The normalized spacial score (nSPS) is 17.1. The fourth-order valence-electron chi connectivity index (χ4n) is 3.38. The first-order valence-electron chi connectivity index (χ1n) is 8.29. The minimum absolute atomic E-state index is 0.0160. The third-order valence-electron chi connectivity index (χ3n) is 4.86. The second-order valence-corrected chi connectivity index (χ2v) is 6.00. The lowest BCUT2D eigenvalue weighted by atomic mass is 9.79. The largest absolute Gasteiger partial charge is 0.459 e. The highest BCUT2D eigenvalue weighted by Gasteiger charge is 2.44.